The second kappa shape index (κ2) is 2.37. The Labute approximate surface area is 67.7 Å². The summed E-state index contributed by atoms with van der Waals surface area (Å²) >= 11 is 0. The molecule has 0 aliphatic rings. The van der Waals surface area contributed by atoms with E-state index in [1.54, 1.807) is 18.2 Å². The summed E-state index contributed by atoms with van der Waals surface area (Å²) in [5.41, 5.74) is 0.810. The molecule has 1 heterocycles. The molecule has 0 saturated carbocycles. The molecule has 5 heteroatoms. The average Bonchev–Trinajstić information content (AvgIpc) is 2.48. The standard InChI is InChI=1S/C7H6N2O3/c1-11-6-4-2-3-5-7(6)9(10)12-8-5/h2-4H,1H3. The third-order valence-corrected chi connectivity index (χ3v) is 1.59. The lowest BCUT2D eigenvalue weighted by atomic mass is 10.3. The van der Waals surface area contributed by atoms with Gasteiger partial charge in [-0.05, 0) is 17.0 Å². The first-order chi connectivity index (χ1) is 5.83. The Kier molecular flexibility index (Phi) is 1.36. The topological polar surface area (TPSA) is 62.2 Å². The summed E-state index contributed by atoms with van der Waals surface area (Å²) in [5.74, 6) is 0.462. The highest BCUT2D eigenvalue weighted by Gasteiger charge is 2.13. The predicted molar refractivity (Wildman–Crippen MR) is 39.5 cm³/mol. The Hall–Kier alpha value is -1.78. The maximum absolute atomic E-state index is 11.0. The Morgan fingerprint density at radius 1 is 1.58 bits per heavy atom. The number of benzene rings is 1. The fraction of sp³-hybridized carbons (Fsp3) is 0.143. The van der Waals surface area contributed by atoms with Crippen molar-refractivity contribution in [2.24, 2.45) is 0 Å². The van der Waals surface area contributed by atoms with Crippen LogP contribution in [0.3, 0.4) is 0 Å². The molecular weight excluding hydrogens is 160 g/mol. The van der Waals surface area contributed by atoms with Gasteiger partial charge in [0.2, 0.25) is 0 Å². The van der Waals surface area contributed by atoms with Gasteiger partial charge in [-0.15, -0.1) is 0 Å². The van der Waals surface area contributed by atoms with Gasteiger partial charge < -0.3 is 9.94 Å². The fourth-order valence-corrected chi connectivity index (χ4v) is 1.05. The van der Waals surface area contributed by atoms with Crippen LogP contribution in [0.2, 0.25) is 0 Å². The van der Waals surface area contributed by atoms with E-state index in [2.05, 4.69) is 9.79 Å². The summed E-state index contributed by atoms with van der Waals surface area (Å²) in [6.07, 6.45) is 0. The van der Waals surface area contributed by atoms with Crippen molar-refractivity contribution in [3.8, 4) is 5.75 Å². The summed E-state index contributed by atoms with van der Waals surface area (Å²) in [4.78, 5) is 0.328. The van der Waals surface area contributed by atoms with E-state index in [0.717, 1.165) is 0 Å². The van der Waals surface area contributed by atoms with Gasteiger partial charge in [0.25, 0.3) is 11.0 Å². The normalized spacial score (nSPS) is 10.4. The Morgan fingerprint density at radius 2 is 2.42 bits per heavy atom. The Bertz CT molecular complexity index is 410. The molecule has 2 rings (SSSR count). The molecule has 0 saturated heterocycles. The van der Waals surface area contributed by atoms with Crippen molar-refractivity contribution in [2.75, 3.05) is 7.11 Å². The molecule has 12 heavy (non-hydrogen) atoms. The quantitative estimate of drug-likeness (QED) is 0.577. The first-order valence-corrected chi connectivity index (χ1v) is 3.35. The second-order valence-corrected chi connectivity index (χ2v) is 2.26. The molecule has 0 bridgehead atoms. The molecule has 0 N–H and O–H groups in total. The van der Waals surface area contributed by atoms with Crippen LogP contribution in [0.5, 0.6) is 5.75 Å². The lowest BCUT2D eigenvalue weighted by Gasteiger charge is -1.96. The van der Waals surface area contributed by atoms with Crippen molar-refractivity contribution in [3.05, 3.63) is 23.4 Å². The molecule has 2 aromatic rings. The summed E-state index contributed by atoms with van der Waals surface area (Å²) in [6.45, 7) is 0. The molecular formula is C7H6N2O3. The first kappa shape index (κ1) is 6.90. The molecule has 5 nitrogen and oxygen atoms in total. The molecule has 1 aromatic heterocycles. The number of fused-ring (bicyclic) bond motifs is 1. The monoisotopic (exact) mass is 166 g/mol. The molecule has 62 valence electrons. The lowest BCUT2D eigenvalue weighted by Crippen LogP contribution is -2.23. The number of nitrogens with zero attached hydrogens (tertiary/aromatic N) is 2. The molecule has 1 aromatic carbocycles. The number of methoxy groups -OCH3 is 1. The van der Waals surface area contributed by atoms with Gasteiger partial charge in [-0.1, -0.05) is 6.07 Å². The SMILES string of the molecule is COc1cccc2no[n+]([O-])c12. The fourth-order valence-electron chi connectivity index (χ4n) is 1.05. The smallest absolute Gasteiger partial charge is 0.267 e. The first-order valence-electron chi connectivity index (χ1n) is 3.35. The number of para-hydroxylation sites is 1. The van der Waals surface area contributed by atoms with Crippen LogP contribution in [0.4, 0.5) is 0 Å². The molecule has 0 radical (unpaired) electrons. The summed E-state index contributed by atoms with van der Waals surface area (Å²) in [6, 6.07) is 5.09. The minimum atomic E-state index is 0.319. The minimum Gasteiger partial charge on any atom is -0.492 e. The zero-order chi connectivity index (χ0) is 8.55. The highest BCUT2D eigenvalue weighted by atomic mass is 16.8. The van der Waals surface area contributed by atoms with E-state index >= 15 is 0 Å². The number of aromatic nitrogens is 2. The van der Waals surface area contributed by atoms with Crippen LogP contribution >= 0.6 is 0 Å². The van der Waals surface area contributed by atoms with E-state index in [1.165, 1.54) is 7.11 Å². The maximum atomic E-state index is 11.0. The molecule has 0 spiro atoms. The van der Waals surface area contributed by atoms with Crippen LogP contribution in [0.25, 0.3) is 11.0 Å². The van der Waals surface area contributed by atoms with Crippen molar-refractivity contribution < 1.29 is 14.3 Å². The van der Waals surface area contributed by atoms with E-state index in [0.29, 0.717) is 21.7 Å². The van der Waals surface area contributed by atoms with Gasteiger partial charge in [-0.2, -0.15) is 0 Å². The summed E-state index contributed by atoms with van der Waals surface area (Å²) in [5, 5.41) is 14.5. The highest BCUT2D eigenvalue weighted by Crippen LogP contribution is 2.19. The van der Waals surface area contributed by atoms with E-state index in [-0.39, 0.29) is 0 Å². The Morgan fingerprint density at radius 3 is 3.17 bits per heavy atom. The van der Waals surface area contributed by atoms with Crippen molar-refractivity contribution in [3.63, 3.8) is 0 Å². The van der Waals surface area contributed by atoms with Gasteiger partial charge in [0.1, 0.15) is 0 Å². The number of rotatable bonds is 1. The minimum absolute atomic E-state index is 0.319. The van der Waals surface area contributed by atoms with Crippen LogP contribution in [-0.4, -0.2) is 12.3 Å². The second-order valence-electron chi connectivity index (χ2n) is 2.26. The molecule has 0 fully saturated rings. The van der Waals surface area contributed by atoms with E-state index < -0.39 is 0 Å². The summed E-state index contributed by atoms with van der Waals surface area (Å²) < 4.78 is 9.33. The molecule has 0 aliphatic carbocycles. The van der Waals surface area contributed by atoms with Gasteiger partial charge in [-0.3, -0.25) is 4.63 Å². The van der Waals surface area contributed by atoms with E-state index in [4.69, 9.17) is 4.74 Å². The summed E-state index contributed by atoms with van der Waals surface area (Å²) in [7, 11) is 1.49. The van der Waals surface area contributed by atoms with Gasteiger partial charge in [0.05, 0.1) is 7.11 Å². The Balaban J connectivity index is 2.84. The largest absolute Gasteiger partial charge is 0.492 e. The zero-order valence-corrected chi connectivity index (χ0v) is 6.35. The molecule has 0 atom stereocenters. The van der Waals surface area contributed by atoms with Crippen molar-refractivity contribution in [1.82, 2.24) is 5.16 Å². The third kappa shape index (κ3) is 0.795. The van der Waals surface area contributed by atoms with Crippen molar-refractivity contribution in [1.29, 1.82) is 0 Å². The lowest BCUT2D eigenvalue weighted by molar-refractivity contribution is -0.782. The maximum Gasteiger partial charge on any atom is 0.267 e. The van der Waals surface area contributed by atoms with Crippen LogP contribution < -0.4 is 9.64 Å². The van der Waals surface area contributed by atoms with Crippen LogP contribution in [-0.2, 0) is 0 Å². The van der Waals surface area contributed by atoms with E-state index in [1.807, 2.05) is 0 Å². The molecule has 0 unspecified atom stereocenters. The number of hydrogen-bond acceptors (Lipinski definition) is 4. The van der Waals surface area contributed by atoms with Crippen molar-refractivity contribution >= 4 is 11.0 Å². The van der Waals surface area contributed by atoms with E-state index in [9.17, 15) is 5.21 Å². The van der Waals surface area contributed by atoms with Crippen molar-refractivity contribution in [2.45, 2.75) is 0 Å². The third-order valence-electron chi connectivity index (χ3n) is 1.59. The zero-order valence-electron chi connectivity index (χ0n) is 6.35. The number of ether oxygens (including phenoxy) is 1. The highest BCUT2D eigenvalue weighted by molar-refractivity contribution is 5.76. The van der Waals surface area contributed by atoms with Gasteiger partial charge >= 0.3 is 0 Å². The van der Waals surface area contributed by atoms with Crippen LogP contribution in [0.15, 0.2) is 22.8 Å². The molecule has 0 amide bonds. The molecule has 0 aliphatic heterocycles. The van der Waals surface area contributed by atoms with Crippen LogP contribution in [0.1, 0.15) is 0 Å². The van der Waals surface area contributed by atoms with Crippen LogP contribution in [0, 0.1) is 5.21 Å². The average molecular weight is 166 g/mol. The van der Waals surface area contributed by atoms with Gasteiger partial charge in [-0.25, -0.2) is 0 Å². The van der Waals surface area contributed by atoms with Gasteiger partial charge in [0.15, 0.2) is 5.75 Å². The predicted octanol–water partition coefficient (Wildman–Crippen LogP) is 0.470. The van der Waals surface area contributed by atoms with Gasteiger partial charge in [0, 0.05) is 5.16 Å². The number of hydrogen-bond donors (Lipinski definition) is 0.